The van der Waals surface area contributed by atoms with Crippen LogP contribution in [0.25, 0.3) is 11.4 Å². The van der Waals surface area contributed by atoms with Gasteiger partial charge in [0.25, 0.3) is 0 Å². The molecular weight excluding hydrogens is 262 g/mol. The molecule has 0 saturated carbocycles. The van der Waals surface area contributed by atoms with E-state index in [1.165, 1.54) is 5.56 Å². The van der Waals surface area contributed by atoms with Crippen molar-refractivity contribution in [3.63, 3.8) is 0 Å². The van der Waals surface area contributed by atoms with Gasteiger partial charge >= 0.3 is 0 Å². The second-order valence-corrected chi connectivity index (χ2v) is 6.08. The molecule has 21 heavy (non-hydrogen) atoms. The number of benzene rings is 1. The number of methoxy groups -OCH3 is 1. The second kappa shape index (κ2) is 6.22. The highest BCUT2D eigenvalue weighted by Crippen LogP contribution is 2.25. The minimum atomic E-state index is 0.146. The van der Waals surface area contributed by atoms with E-state index in [0.29, 0.717) is 12.4 Å². The van der Waals surface area contributed by atoms with Crippen LogP contribution < -0.4 is 5.32 Å². The normalized spacial score (nSPS) is 11.5. The van der Waals surface area contributed by atoms with Gasteiger partial charge in [0.05, 0.1) is 12.3 Å². The molecule has 2 aromatic rings. The molecule has 0 amide bonds. The lowest BCUT2D eigenvalue weighted by atomic mass is 9.87. The molecule has 0 spiro atoms. The summed E-state index contributed by atoms with van der Waals surface area (Å²) in [7, 11) is 3.52. The first-order valence-electron chi connectivity index (χ1n) is 7.09. The molecule has 1 heterocycles. The molecule has 0 aliphatic rings. The van der Waals surface area contributed by atoms with Gasteiger partial charge in [0, 0.05) is 25.8 Å². The third-order valence-corrected chi connectivity index (χ3v) is 3.34. The standard InChI is InChI=1S/C17H23N3O/c1-17(2,3)13-8-6-12(7-9-13)16-19-14(11-21-5)10-15(18-4)20-16/h6-10H,11H2,1-5H3,(H,18,19,20). The first kappa shape index (κ1) is 15.4. The Balaban J connectivity index is 2.39. The van der Waals surface area contributed by atoms with Gasteiger partial charge in [-0.2, -0.15) is 0 Å². The lowest BCUT2D eigenvalue weighted by Gasteiger charge is -2.19. The zero-order valence-electron chi connectivity index (χ0n) is 13.4. The Morgan fingerprint density at radius 2 is 1.76 bits per heavy atom. The minimum Gasteiger partial charge on any atom is -0.378 e. The van der Waals surface area contributed by atoms with Crippen LogP contribution in [0, 0.1) is 0 Å². The SMILES string of the molecule is CNc1cc(COC)nc(-c2ccc(C(C)(C)C)cc2)n1. The van der Waals surface area contributed by atoms with Gasteiger partial charge in [-0.15, -0.1) is 0 Å². The van der Waals surface area contributed by atoms with Gasteiger partial charge in [-0.25, -0.2) is 9.97 Å². The topological polar surface area (TPSA) is 47.0 Å². The van der Waals surface area contributed by atoms with Crippen LogP contribution in [0.5, 0.6) is 0 Å². The number of hydrogen-bond donors (Lipinski definition) is 1. The maximum absolute atomic E-state index is 5.16. The fourth-order valence-corrected chi connectivity index (χ4v) is 2.10. The molecule has 4 heteroatoms. The van der Waals surface area contributed by atoms with E-state index in [-0.39, 0.29) is 5.41 Å². The molecule has 0 aliphatic carbocycles. The highest BCUT2D eigenvalue weighted by atomic mass is 16.5. The molecular formula is C17H23N3O. The number of aromatic nitrogens is 2. The third-order valence-electron chi connectivity index (χ3n) is 3.34. The number of nitrogens with one attached hydrogen (secondary N) is 1. The van der Waals surface area contributed by atoms with E-state index in [1.807, 2.05) is 13.1 Å². The van der Waals surface area contributed by atoms with Gasteiger partial charge < -0.3 is 10.1 Å². The van der Waals surface area contributed by atoms with Crippen molar-refractivity contribution < 1.29 is 4.74 Å². The number of hydrogen-bond acceptors (Lipinski definition) is 4. The van der Waals surface area contributed by atoms with Crippen molar-refractivity contribution >= 4 is 5.82 Å². The number of nitrogens with zero attached hydrogens (tertiary/aromatic N) is 2. The number of ether oxygens (including phenoxy) is 1. The number of rotatable bonds is 4. The van der Waals surface area contributed by atoms with E-state index in [9.17, 15) is 0 Å². The minimum absolute atomic E-state index is 0.146. The van der Waals surface area contributed by atoms with Crippen LogP contribution in [0.15, 0.2) is 30.3 Å². The summed E-state index contributed by atoms with van der Waals surface area (Å²) in [6.07, 6.45) is 0. The van der Waals surface area contributed by atoms with Crippen LogP contribution >= 0.6 is 0 Å². The van der Waals surface area contributed by atoms with Crippen LogP contribution in [0.3, 0.4) is 0 Å². The number of anilines is 1. The third kappa shape index (κ3) is 3.79. The molecule has 1 N–H and O–H groups in total. The Kier molecular flexibility index (Phi) is 4.58. The largest absolute Gasteiger partial charge is 0.378 e. The predicted molar refractivity (Wildman–Crippen MR) is 86.4 cm³/mol. The van der Waals surface area contributed by atoms with Gasteiger partial charge in [-0.1, -0.05) is 45.0 Å². The average molecular weight is 285 g/mol. The molecule has 112 valence electrons. The summed E-state index contributed by atoms with van der Waals surface area (Å²) >= 11 is 0. The Labute approximate surface area is 126 Å². The quantitative estimate of drug-likeness (QED) is 0.932. The molecule has 0 atom stereocenters. The van der Waals surface area contributed by atoms with Crippen molar-refractivity contribution in [3.8, 4) is 11.4 Å². The molecule has 0 aliphatic heterocycles. The van der Waals surface area contributed by atoms with Crippen LogP contribution in [0.2, 0.25) is 0 Å². The summed E-state index contributed by atoms with van der Waals surface area (Å²) in [6, 6.07) is 10.3. The van der Waals surface area contributed by atoms with Gasteiger partial charge in [0.1, 0.15) is 5.82 Å². The van der Waals surface area contributed by atoms with Gasteiger partial charge in [-0.05, 0) is 11.0 Å². The zero-order valence-corrected chi connectivity index (χ0v) is 13.4. The van der Waals surface area contributed by atoms with Crippen molar-refractivity contribution in [2.24, 2.45) is 0 Å². The molecule has 4 nitrogen and oxygen atoms in total. The first-order chi connectivity index (χ1) is 9.94. The van der Waals surface area contributed by atoms with Crippen LogP contribution in [-0.4, -0.2) is 24.1 Å². The highest BCUT2D eigenvalue weighted by Gasteiger charge is 2.14. The van der Waals surface area contributed by atoms with E-state index in [4.69, 9.17) is 4.74 Å². The molecule has 0 unspecified atom stereocenters. The van der Waals surface area contributed by atoms with Gasteiger partial charge in [0.2, 0.25) is 0 Å². The Hall–Kier alpha value is -1.94. The van der Waals surface area contributed by atoms with Crippen molar-refractivity contribution in [1.82, 2.24) is 9.97 Å². The monoisotopic (exact) mass is 285 g/mol. The second-order valence-electron chi connectivity index (χ2n) is 6.08. The Bertz CT molecular complexity index is 600. The summed E-state index contributed by atoms with van der Waals surface area (Å²) in [6.45, 7) is 7.09. The van der Waals surface area contributed by atoms with Crippen molar-refractivity contribution in [1.29, 1.82) is 0 Å². The molecule has 0 saturated heterocycles. The van der Waals surface area contributed by atoms with E-state index in [2.05, 4.69) is 60.3 Å². The molecule has 1 aromatic heterocycles. The lowest BCUT2D eigenvalue weighted by molar-refractivity contribution is 0.181. The lowest BCUT2D eigenvalue weighted by Crippen LogP contribution is -2.10. The Morgan fingerprint density at radius 3 is 2.29 bits per heavy atom. The molecule has 0 bridgehead atoms. The van der Waals surface area contributed by atoms with E-state index in [1.54, 1.807) is 7.11 Å². The molecule has 0 radical (unpaired) electrons. The maximum atomic E-state index is 5.16. The van der Waals surface area contributed by atoms with E-state index >= 15 is 0 Å². The first-order valence-corrected chi connectivity index (χ1v) is 7.09. The van der Waals surface area contributed by atoms with Gasteiger partial charge in [0.15, 0.2) is 5.82 Å². The molecule has 2 rings (SSSR count). The molecule has 0 fully saturated rings. The van der Waals surface area contributed by atoms with Crippen LogP contribution in [-0.2, 0) is 16.8 Å². The predicted octanol–water partition coefficient (Wildman–Crippen LogP) is 3.63. The highest BCUT2D eigenvalue weighted by molar-refractivity contribution is 5.58. The summed E-state index contributed by atoms with van der Waals surface area (Å²) in [5.74, 6) is 1.52. The van der Waals surface area contributed by atoms with Crippen molar-refractivity contribution in [2.45, 2.75) is 32.8 Å². The van der Waals surface area contributed by atoms with Crippen LogP contribution in [0.1, 0.15) is 32.0 Å². The van der Waals surface area contributed by atoms with E-state index < -0.39 is 0 Å². The van der Waals surface area contributed by atoms with E-state index in [0.717, 1.165) is 17.1 Å². The summed E-state index contributed by atoms with van der Waals surface area (Å²) < 4.78 is 5.16. The average Bonchev–Trinajstić information content (AvgIpc) is 2.46. The van der Waals surface area contributed by atoms with Crippen molar-refractivity contribution in [2.75, 3.05) is 19.5 Å². The maximum Gasteiger partial charge on any atom is 0.161 e. The smallest absolute Gasteiger partial charge is 0.161 e. The van der Waals surface area contributed by atoms with Gasteiger partial charge in [-0.3, -0.25) is 0 Å². The summed E-state index contributed by atoms with van der Waals surface area (Å²) in [5.41, 5.74) is 3.32. The Morgan fingerprint density at radius 1 is 1.10 bits per heavy atom. The summed E-state index contributed by atoms with van der Waals surface area (Å²) in [5, 5.41) is 3.06. The fourth-order valence-electron chi connectivity index (χ4n) is 2.10. The van der Waals surface area contributed by atoms with Crippen LogP contribution in [0.4, 0.5) is 5.82 Å². The fraction of sp³-hybridized carbons (Fsp3) is 0.412. The van der Waals surface area contributed by atoms with Crippen molar-refractivity contribution in [3.05, 3.63) is 41.6 Å². The molecule has 1 aromatic carbocycles. The summed E-state index contributed by atoms with van der Waals surface area (Å²) in [4.78, 5) is 9.08. The zero-order chi connectivity index (χ0) is 15.5.